The van der Waals surface area contributed by atoms with Crippen molar-refractivity contribution in [1.29, 1.82) is 0 Å². The van der Waals surface area contributed by atoms with E-state index in [1.54, 1.807) is 43.3 Å². The molecule has 0 aromatic heterocycles. The van der Waals surface area contributed by atoms with E-state index in [1.165, 1.54) is 16.4 Å². The van der Waals surface area contributed by atoms with Crippen molar-refractivity contribution < 1.29 is 13.2 Å². The lowest BCUT2D eigenvalue weighted by molar-refractivity contribution is 0.0939. The lowest BCUT2D eigenvalue weighted by atomic mass is 10.1. The van der Waals surface area contributed by atoms with Gasteiger partial charge in [-0.05, 0) is 49.7 Å². The van der Waals surface area contributed by atoms with Gasteiger partial charge in [-0.3, -0.25) is 9.10 Å². The van der Waals surface area contributed by atoms with Crippen LogP contribution in [0.15, 0.2) is 89.8 Å². The van der Waals surface area contributed by atoms with Crippen LogP contribution in [0.5, 0.6) is 0 Å². The van der Waals surface area contributed by atoms with Crippen LogP contribution in [0.3, 0.4) is 0 Å². The van der Waals surface area contributed by atoms with Crippen LogP contribution in [-0.4, -0.2) is 20.9 Å². The van der Waals surface area contributed by atoms with Crippen molar-refractivity contribution in [1.82, 2.24) is 5.32 Å². The number of hydrogen-bond donors (Lipinski definition) is 1. The van der Waals surface area contributed by atoms with E-state index in [2.05, 4.69) is 5.32 Å². The molecule has 29 heavy (non-hydrogen) atoms. The smallest absolute Gasteiger partial charge is 0.264 e. The molecular weight excluding hydrogens is 384 g/mol. The molecule has 1 atom stereocenters. The summed E-state index contributed by atoms with van der Waals surface area (Å²) in [5, 5.41) is 2.92. The predicted octanol–water partition coefficient (Wildman–Crippen LogP) is 4.39. The fourth-order valence-corrected chi connectivity index (χ4v) is 4.64. The Morgan fingerprint density at radius 1 is 0.931 bits per heavy atom. The molecule has 0 bridgehead atoms. The second-order valence-electron chi connectivity index (χ2n) is 6.64. The van der Waals surface area contributed by atoms with Crippen molar-refractivity contribution in [2.24, 2.45) is 0 Å². The van der Waals surface area contributed by atoms with Crippen molar-refractivity contribution in [3.05, 3.63) is 96.1 Å². The molecule has 0 aliphatic heterocycles. The lowest BCUT2D eigenvalue weighted by Gasteiger charge is -2.23. The van der Waals surface area contributed by atoms with Crippen LogP contribution in [0.4, 0.5) is 5.69 Å². The number of para-hydroxylation sites is 1. The predicted molar refractivity (Wildman–Crippen MR) is 115 cm³/mol. The Balaban J connectivity index is 1.85. The molecule has 5 nitrogen and oxygen atoms in total. The summed E-state index contributed by atoms with van der Waals surface area (Å²) in [6.07, 6.45) is 0. The Morgan fingerprint density at radius 3 is 2.17 bits per heavy atom. The molecule has 1 amide bonds. The van der Waals surface area contributed by atoms with E-state index < -0.39 is 10.0 Å². The molecular formula is C23H24N2O3S. The largest absolute Gasteiger partial charge is 0.346 e. The van der Waals surface area contributed by atoms with Gasteiger partial charge in [0.15, 0.2) is 0 Å². The maximum absolute atomic E-state index is 13.2. The maximum Gasteiger partial charge on any atom is 0.264 e. The first-order chi connectivity index (χ1) is 13.9. The highest BCUT2D eigenvalue weighted by atomic mass is 32.2. The molecule has 3 aromatic rings. The standard InChI is InChI=1S/C23H24N2O3S/c1-3-25(21-14-8-5-9-15-21)29(27,28)22-16-10-13-20(17-22)23(26)24-18(2)19-11-6-4-7-12-19/h4-18H,3H2,1-2H3,(H,24,26)/t18-/m1/s1. The molecule has 0 heterocycles. The number of carbonyl (C=O) groups excluding carboxylic acids is 1. The normalized spacial score (nSPS) is 12.2. The van der Waals surface area contributed by atoms with Gasteiger partial charge in [0.25, 0.3) is 15.9 Å². The Labute approximate surface area is 172 Å². The SMILES string of the molecule is CCN(c1ccccc1)S(=O)(=O)c1cccc(C(=O)N[C@H](C)c2ccccc2)c1. The summed E-state index contributed by atoms with van der Waals surface area (Å²) < 4.78 is 27.7. The lowest BCUT2D eigenvalue weighted by Crippen LogP contribution is -2.31. The summed E-state index contributed by atoms with van der Waals surface area (Å²) in [4.78, 5) is 12.8. The van der Waals surface area contributed by atoms with Crippen molar-refractivity contribution in [2.75, 3.05) is 10.8 Å². The Kier molecular flexibility index (Phi) is 6.34. The highest BCUT2D eigenvalue weighted by Gasteiger charge is 2.24. The second-order valence-corrected chi connectivity index (χ2v) is 8.50. The average Bonchev–Trinajstić information content (AvgIpc) is 2.75. The molecule has 0 aliphatic carbocycles. The molecule has 0 radical (unpaired) electrons. The highest BCUT2D eigenvalue weighted by molar-refractivity contribution is 7.92. The number of hydrogen-bond acceptors (Lipinski definition) is 3. The van der Waals surface area contributed by atoms with E-state index in [1.807, 2.05) is 43.3 Å². The van der Waals surface area contributed by atoms with E-state index in [-0.39, 0.29) is 23.4 Å². The van der Waals surface area contributed by atoms with Crippen molar-refractivity contribution in [2.45, 2.75) is 24.8 Å². The Hall–Kier alpha value is -3.12. The highest BCUT2D eigenvalue weighted by Crippen LogP contribution is 2.24. The fourth-order valence-electron chi connectivity index (χ4n) is 3.12. The van der Waals surface area contributed by atoms with E-state index in [9.17, 15) is 13.2 Å². The summed E-state index contributed by atoms with van der Waals surface area (Å²) in [6.45, 7) is 3.96. The zero-order valence-corrected chi connectivity index (χ0v) is 17.3. The first-order valence-electron chi connectivity index (χ1n) is 9.47. The minimum atomic E-state index is -3.79. The number of sulfonamides is 1. The first kappa shape index (κ1) is 20.6. The van der Waals surface area contributed by atoms with Crippen LogP contribution in [0.1, 0.15) is 35.8 Å². The number of anilines is 1. The van der Waals surface area contributed by atoms with Gasteiger partial charge in [0.1, 0.15) is 0 Å². The molecule has 6 heteroatoms. The summed E-state index contributed by atoms with van der Waals surface area (Å²) in [6, 6.07) is 24.5. The van der Waals surface area contributed by atoms with Crippen LogP contribution in [0, 0.1) is 0 Å². The van der Waals surface area contributed by atoms with Gasteiger partial charge in [-0.15, -0.1) is 0 Å². The van der Waals surface area contributed by atoms with Gasteiger partial charge in [-0.25, -0.2) is 8.42 Å². The maximum atomic E-state index is 13.2. The molecule has 0 saturated carbocycles. The Bertz CT molecular complexity index is 1070. The monoisotopic (exact) mass is 408 g/mol. The fraction of sp³-hybridized carbons (Fsp3) is 0.174. The van der Waals surface area contributed by atoms with Gasteiger partial charge in [0, 0.05) is 12.1 Å². The molecule has 0 fully saturated rings. The number of rotatable bonds is 7. The minimum Gasteiger partial charge on any atom is -0.346 e. The molecule has 3 aromatic carbocycles. The number of nitrogens with zero attached hydrogens (tertiary/aromatic N) is 1. The number of amides is 1. The van der Waals surface area contributed by atoms with Gasteiger partial charge < -0.3 is 5.32 Å². The zero-order valence-electron chi connectivity index (χ0n) is 16.4. The van der Waals surface area contributed by atoms with E-state index >= 15 is 0 Å². The topological polar surface area (TPSA) is 66.5 Å². The Morgan fingerprint density at radius 2 is 1.55 bits per heavy atom. The van der Waals surface area contributed by atoms with E-state index in [4.69, 9.17) is 0 Å². The quantitative estimate of drug-likeness (QED) is 0.630. The summed E-state index contributed by atoms with van der Waals surface area (Å²) >= 11 is 0. The van der Waals surface area contributed by atoms with Crippen LogP contribution in [0.25, 0.3) is 0 Å². The summed E-state index contributed by atoms with van der Waals surface area (Å²) in [7, 11) is -3.79. The molecule has 0 saturated heterocycles. The van der Waals surface area contributed by atoms with Crippen molar-refractivity contribution in [3.63, 3.8) is 0 Å². The van der Waals surface area contributed by atoms with Crippen LogP contribution in [0.2, 0.25) is 0 Å². The van der Waals surface area contributed by atoms with Gasteiger partial charge in [-0.2, -0.15) is 0 Å². The first-order valence-corrected chi connectivity index (χ1v) is 10.9. The molecule has 3 rings (SSSR count). The van der Waals surface area contributed by atoms with Gasteiger partial charge in [0.2, 0.25) is 0 Å². The number of benzene rings is 3. The van der Waals surface area contributed by atoms with Gasteiger partial charge >= 0.3 is 0 Å². The van der Waals surface area contributed by atoms with Crippen molar-refractivity contribution in [3.8, 4) is 0 Å². The molecule has 0 aliphatic rings. The van der Waals surface area contributed by atoms with Gasteiger partial charge in [0.05, 0.1) is 16.6 Å². The summed E-state index contributed by atoms with van der Waals surface area (Å²) in [5.41, 5.74) is 1.87. The number of nitrogens with one attached hydrogen (secondary N) is 1. The third kappa shape index (κ3) is 4.66. The average molecular weight is 409 g/mol. The molecule has 1 N–H and O–H groups in total. The molecule has 150 valence electrons. The van der Waals surface area contributed by atoms with E-state index in [0.717, 1.165) is 5.56 Å². The third-order valence-electron chi connectivity index (χ3n) is 4.66. The van der Waals surface area contributed by atoms with Crippen LogP contribution < -0.4 is 9.62 Å². The van der Waals surface area contributed by atoms with E-state index in [0.29, 0.717) is 11.3 Å². The molecule has 0 unspecified atom stereocenters. The minimum absolute atomic E-state index is 0.0863. The molecule has 0 spiro atoms. The van der Waals surface area contributed by atoms with Crippen LogP contribution in [-0.2, 0) is 10.0 Å². The second kappa shape index (κ2) is 8.92. The summed E-state index contributed by atoms with van der Waals surface area (Å²) in [5.74, 6) is -0.318. The van der Waals surface area contributed by atoms with Crippen molar-refractivity contribution >= 4 is 21.6 Å². The van der Waals surface area contributed by atoms with Crippen LogP contribution >= 0.6 is 0 Å². The third-order valence-corrected chi connectivity index (χ3v) is 6.56. The zero-order chi connectivity index (χ0) is 20.9. The number of carbonyl (C=O) groups is 1. The van der Waals surface area contributed by atoms with Gasteiger partial charge in [-0.1, -0.05) is 54.6 Å².